The third-order valence-corrected chi connectivity index (χ3v) is 4.21. The van der Waals surface area contributed by atoms with Crippen LogP contribution in [0.4, 0.5) is 0 Å². The summed E-state index contributed by atoms with van der Waals surface area (Å²) in [4.78, 5) is 0. The minimum Gasteiger partial charge on any atom is -0.226 e. The number of hydrogen-bond donors (Lipinski definition) is 0. The molecular weight excluding hydrogens is 216 g/mol. The van der Waals surface area contributed by atoms with Gasteiger partial charge in [0.15, 0.2) is 0 Å². The van der Waals surface area contributed by atoms with Gasteiger partial charge in [-0.25, -0.2) is 12.0 Å². The topological polar surface area (TPSA) is 0 Å². The van der Waals surface area contributed by atoms with Gasteiger partial charge in [-0.2, -0.15) is 5.57 Å². The van der Waals surface area contributed by atoms with Gasteiger partial charge in [0.2, 0.25) is 0 Å². The summed E-state index contributed by atoms with van der Waals surface area (Å²) in [6.07, 6.45) is 12.2. The predicted octanol–water partition coefficient (Wildman–Crippen LogP) is 4.19. The molecule has 0 aromatic carbocycles. The molecule has 0 N–H and O–H groups in total. The fourth-order valence-corrected chi connectivity index (χ4v) is 3.51. The molecule has 0 aromatic rings. The van der Waals surface area contributed by atoms with E-state index in [2.05, 4.69) is 13.3 Å². The molecule has 0 aromatic heterocycles. The summed E-state index contributed by atoms with van der Waals surface area (Å²) in [5, 5.41) is 0. The van der Waals surface area contributed by atoms with Gasteiger partial charge in [-0.1, -0.05) is 31.8 Å². The van der Waals surface area contributed by atoms with E-state index in [1.54, 1.807) is 22.3 Å². The maximum Gasteiger partial charge on any atom is 2.00 e. The van der Waals surface area contributed by atoms with Crippen LogP contribution in [0.15, 0.2) is 22.3 Å². The SMILES string of the molecule is CC1C2=C(CCC[CH-]2)C2=C1CCCC2.[Ti+2]. The van der Waals surface area contributed by atoms with Gasteiger partial charge in [0.1, 0.15) is 0 Å². The Morgan fingerprint density at radius 1 is 1.00 bits per heavy atom. The molecule has 0 nitrogen and oxygen atoms in total. The summed E-state index contributed by atoms with van der Waals surface area (Å²) in [6.45, 7) is 2.42. The molecule has 0 radical (unpaired) electrons. The molecule has 1 atom stereocenters. The third kappa shape index (κ3) is 1.76. The average molecular weight is 235 g/mol. The van der Waals surface area contributed by atoms with Crippen molar-refractivity contribution in [3.63, 3.8) is 0 Å². The normalized spacial score (nSPS) is 29.3. The van der Waals surface area contributed by atoms with Crippen molar-refractivity contribution in [3.05, 3.63) is 28.7 Å². The van der Waals surface area contributed by atoms with Crippen LogP contribution in [0, 0.1) is 12.3 Å². The van der Waals surface area contributed by atoms with E-state index in [4.69, 9.17) is 0 Å². The standard InChI is InChI=1S/C14H19.Ti/c1-10-11-6-2-4-8-13(11)14-9-5-3-7-12(10)14;/h6,10H,2-5,7-9H2,1H3;/q-1;+2. The summed E-state index contributed by atoms with van der Waals surface area (Å²) in [5.41, 5.74) is 7.07. The zero-order chi connectivity index (χ0) is 9.54. The van der Waals surface area contributed by atoms with E-state index < -0.39 is 0 Å². The fourth-order valence-electron chi connectivity index (χ4n) is 3.51. The number of allylic oxidation sites excluding steroid dienone is 4. The van der Waals surface area contributed by atoms with E-state index in [1.807, 2.05) is 0 Å². The van der Waals surface area contributed by atoms with Crippen molar-refractivity contribution in [2.24, 2.45) is 5.92 Å². The molecular formula is C14H19Ti+. The minimum absolute atomic E-state index is 0. The van der Waals surface area contributed by atoms with Gasteiger partial charge in [-0.15, -0.1) is 12.0 Å². The second-order valence-corrected chi connectivity index (χ2v) is 4.96. The van der Waals surface area contributed by atoms with Gasteiger partial charge in [-0.3, -0.25) is 0 Å². The molecule has 3 rings (SSSR count). The van der Waals surface area contributed by atoms with Crippen molar-refractivity contribution in [3.8, 4) is 0 Å². The molecule has 0 aliphatic heterocycles. The summed E-state index contributed by atoms with van der Waals surface area (Å²) in [5.74, 6) is 0.778. The van der Waals surface area contributed by atoms with E-state index in [1.165, 1.54) is 44.9 Å². The van der Waals surface area contributed by atoms with Gasteiger partial charge in [0.25, 0.3) is 0 Å². The molecule has 1 unspecified atom stereocenters. The van der Waals surface area contributed by atoms with Crippen LogP contribution in [0.3, 0.4) is 0 Å². The predicted molar refractivity (Wildman–Crippen MR) is 59.8 cm³/mol. The molecule has 3 aliphatic rings. The number of fused-ring (bicyclic) bond motifs is 1. The van der Waals surface area contributed by atoms with Gasteiger partial charge < -0.3 is 0 Å². The molecule has 3 aliphatic carbocycles. The molecule has 15 heavy (non-hydrogen) atoms. The number of hydrogen-bond acceptors (Lipinski definition) is 0. The van der Waals surface area contributed by atoms with Gasteiger partial charge in [0, 0.05) is 0 Å². The first-order valence-corrected chi connectivity index (χ1v) is 6.16. The summed E-state index contributed by atoms with van der Waals surface area (Å²) in [6, 6.07) is 0. The van der Waals surface area contributed by atoms with Crippen molar-refractivity contribution in [2.75, 3.05) is 0 Å². The van der Waals surface area contributed by atoms with Crippen molar-refractivity contribution in [2.45, 2.75) is 51.9 Å². The maximum atomic E-state index is 2.52. The summed E-state index contributed by atoms with van der Waals surface area (Å²) in [7, 11) is 0. The second-order valence-electron chi connectivity index (χ2n) is 4.96. The molecule has 0 fully saturated rings. The molecule has 0 saturated heterocycles. The van der Waals surface area contributed by atoms with Gasteiger partial charge in [-0.05, 0) is 25.2 Å². The van der Waals surface area contributed by atoms with E-state index in [0.29, 0.717) is 0 Å². The zero-order valence-electron chi connectivity index (χ0n) is 9.60. The zero-order valence-corrected chi connectivity index (χ0v) is 11.2. The van der Waals surface area contributed by atoms with Crippen LogP contribution in [0.1, 0.15) is 51.9 Å². The Kier molecular flexibility index (Phi) is 3.47. The van der Waals surface area contributed by atoms with Crippen molar-refractivity contribution in [1.82, 2.24) is 0 Å². The van der Waals surface area contributed by atoms with Crippen LogP contribution < -0.4 is 0 Å². The Balaban J connectivity index is 0.000000853. The molecule has 0 amide bonds. The van der Waals surface area contributed by atoms with Crippen LogP contribution in [-0.2, 0) is 21.7 Å². The quantitative estimate of drug-likeness (QED) is 0.436. The fraction of sp³-hybridized carbons (Fsp3) is 0.643. The van der Waals surface area contributed by atoms with Gasteiger partial charge in [0.05, 0.1) is 0 Å². The van der Waals surface area contributed by atoms with Gasteiger partial charge >= 0.3 is 21.7 Å². The van der Waals surface area contributed by atoms with E-state index in [0.717, 1.165) is 5.92 Å². The molecule has 0 bridgehead atoms. The Morgan fingerprint density at radius 2 is 1.73 bits per heavy atom. The third-order valence-electron chi connectivity index (χ3n) is 4.21. The molecule has 78 valence electrons. The first-order valence-electron chi connectivity index (χ1n) is 6.16. The smallest absolute Gasteiger partial charge is 0.226 e. The van der Waals surface area contributed by atoms with Crippen LogP contribution in [0.2, 0.25) is 0 Å². The summed E-state index contributed by atoms with van der Waals surface area (Å²) < 4.78 is 0. The Bertz CT molecular complexity index is 290. The maximum absolute atomic E-state index is 2.52. The average Bonchev–Trinajstić information content (AvgIpc) is 2.55. The first kappa shape index (κ1) is 11.5. The Morgan fingerprint density at radius 3 is 2.60 bits per heavy atom. The van der Waals surface area contributed by atoms with E-state index >= 15 is 0 Å². The van der Waals surface area contributed by atoms with Crippen LogP contribution in [0.5, 0.6) is 0 Å². The number of rotatable bonds is 0. The molecule has 1 heteroatoms. The largest absolute Gasteiger partial charge is 2.00 e. The first-order chi connectivity index (χ1) is 6.88. The summed E-state index contributed by atoms with van der Waals surface area (Å²) >= 11 is 0. The van der Waals surface area contributed by atoms with E-state index in [9.17, 15) is 0 Å². The Labute approximate surface area is 108 Å². The monoisotopic (exact) mass is 235 g/mol. The van der Waals surface area contributed by atoms with Crippen LogP contribution in [0.25, 0.3) is 0 Å². The van der Waals surface area contributed by atoms with Crippen LogP contribution in [-0.4, -0.2) is 0 Å². The molecule has 0 spiro atoms. The Hall–Kier alpha value is 0.0643. The van der Waals surface area contributed by atoms with Crippen molar-refractivity contribution < 1.29 is 21.7 Å². The van der Waals surface area contributed by atoms with Crippen LogP contribution >= 0.6 is 0 Å². The van der Waals surface area contributed by atoms with Crippen molar-refractivity contribution in [1.29, 1.82) is 0 Å². The molecule has 0 saturated carbocycles. The van der Waals surface area contributed by atoms with Crippen molar-refractivity contribution >= 4 is 0 Å². The molecule has 0 heterocycles. The second kappa shape index (κ2) is 4.51. The van der Waals surface area contributed by atoms with E-state index in [-0.39, 0.29) is 21.7 Å². The minimum atomic E-state index is 0.